The third kappa shape index (κ3) is 2.36. The summed E-state index contributed by atoms with van der Waals surface area (Å²) in [7, 11) is 1.47. The lowest BCUT2D eigenvalue weighted by Crippen LogP contribution is -1.99. The van der Waals surface area contributed by atoms with Crippen LogP contribution in [-0.2, 0) is 0 Å². The third-order valence-electron chi connectivity index (χ3n) is 2.75. The van der Waals surface area contributed by atoms with Gasteiger partial charge in [-0.3, -0.25) is 0 Å². The Hall–Kier alpha value is -1.11. The number of benzene rings is 1. The topological polar surface area (TPSA) is 28.7 Å². The normalized spacial score (nSPS) is 10.2. The zero-order valence-corrected chi connectivity index (χ0v) is 13.0. The molecule has 0 spiro atoms. The highest BCUT2D eigenvalue weighted by atomic mass is 127. The summed E-state index contributed by atoms with van der Waals surface area (Å²) in [5.41, 5.74) is 2.75. The van der Waals surface area contributed by atoms with Gasteiger partial charge in [-0.25, -0.2) is 0 Å². The number of aromatic nitrogens is 1. The summed E-state index contributed by atoms with van der Waals surface area (Å²) in [5, 5.41) is 13.2. The predicted molar refractivity (Wildman–Crippen MR) is 85.5 cm³/mol. The third-order valence-corrected chi connectivity index (χ3v) is 3.59. The number of hydrogen-bond donors (Lipinski definition) is 0. The fourth-order valence-corrected chi connectivity index (χ4v) is 2.46. The van der Waals surface area contributed by atoms with Gasteiger partial charge in [0.2, 0.25) is 0 Å². The first-order valence-corrected chi connectivity index (χ1v) is 8.87. The van der Waals surface area contributed by atoms with Crippen LogP contribution in [-0.4, -0.2) is 4.57 Å². The summed E-state index contributed by atoms with van der Waals surface area (Å²) in [6, 6.07) is 8.50. The maximum Gasteiger partial charge on any atom is 0.101 e. The highest BCUT2D eigenvalue weighted by molar-refractivity contribution is 14.2. The van der Waals surface area contributed by atoms with E-state index in [4.69, 9.17) is 0 Å². The molecule has 90 valence electrons. The van der Waals surface area contributed by atoms with Crippen LogP contribution in [0.2, 0.25) is 0 Å². The zero-order chi connectivity index (χ0) is 13.1. The Morgan fingerprint density at radius 3 is 2.72 bits per heavy atom. The first-order valence-electron chi connectivity index (χ1n) is 5.51. The number of para-hydroxylation sites is 1. The standard InChI is InChI=1S/C14H11IN2S/c1-10(2)17-9-12(8-16)13-5-3-4-11(14(13)17)6-7-18-15/h3-5,9-10H,1-2H3. The van der Waals surface area contributed by atoms with Gasteiger partial charge < -0.3 is 4.57 Å². The highest BCUT2D eigenvalue weighted by Gasteiger charge is 2.12. The number of rotatable bonds is 1. The van der Waals surface area contributed by atoms with Crippen molar-refractivity contribution in [2.45, 2.75) is 19.9 Å². The summed E-state index contributed by atoms with van der Waals surface area (Å²) in [4.78, 5) is 0. The summed E-state index contributed by atoms with van der Waals surface area (Å²) >= 11 is 2.16. The van der Waals surface area contributed by atoms with Gasteiger partial charge in [0.15, 0.2) is 0 Å². The number of nitriles is 1. The molecule has 0 saturated carbocycles. The van der Waals surface area contributed by atoms with Crippen LogP contribution in [0.15, 0.2) is 24.4 Å². The van der Waals surface area contributed by atoms with E-state index in [-0.39, 0.29) is 0 Å². The Labute approximate surface area is 123 Å². The molecule has 0 radical (unpaired) electrons. The maximum absolute atomic E-state index is 9.19. The average molecular weight is 366 g/mol. The zero-order valence-electron chi connectivity index (χ0n) is 10.1. The minimum Gasteiger partial charge on any atom is -0.343 e. The maximum atomic E-state index is 9.19. The molecular weight excluding hydrogens is 355 g/mol. The number of hydrogen-bond acceptors (Lipinski definition) is 2. The van der Waals surface area contributed by atoms with Crippen molar-refractivity contribution in [3.8, 4) is 17.2 Å². The second-order valence-electron chi connectivity index (χ2n) is 4.16. The van der Waals surface area contributed by atoms with Gasteiger partial charge in [-0.15, -0.1) is 0 Å². The molecule has 0 aliphatic carbocycles. The molecule has 0 bridgehead atoms. The second kappa shape index (κ2) is 5.69. The van der Waals surface area contributed by atoms with E-state index in [1.807, 2.05) is 24.4 Å². The van der Waals surface area contributed by atoms with E-state index < -0.39 is 0 Å². The fourth-order valence-electron chi connectivity index (χ4n) is 1.98. The summed E-state index contributed by atoms with van der Waals surface area (Å²) in [5.74, 6) is 3.15. The van der Waals surface area contributed by atoms with Gasteiger partial charge in [0, 0.05) is 44.4 Å². The average Bonchev–Trinajstić information content (AvgIpc) is 2.75. The molecule has 0 N–H and O–H groups in total. The monoisotopic (exact) mass is 366 g/mol. The largest absolute Gasteiger partial charge is 0.343 e. The van der Waals surface area contributed by atoms with Crippen molar-refractivity contribution in [3.63, 3.8) is 0 Å². The molecule has 0 atom stereocenters. The van der Waals surface area contributed by atoms with Gasteiger partial charge in [0.1, 0.15) is 6.07 Å². The summed E-state index contributed by atoms with van der Waals surface area (Å²) < 4.78 is 2.12. The lowest BCUT2D eigenvalue weighted by atomic mass is 10.1. The predicted octanol–water partition coefficient (Wildman–Crippen LogP) is 4.49. The van der Waals surface area contributed by atoms with E-state index in [0.29, 0.717) is 11.6 Å². The Balaban J connectivity index is 2.82. The molecule has 1 heterocycles. The van der Waals surface area contributed by atoms with Crippen LogP contribution in [0, 0.1) is 22.5 Å². The smallest absolute Gasteiger partial charge is 0.101 e. The number of halogens is 1. The molecule has 4 heteroatoms. The van der Waals surface area contributed by atoms with Gasteiger partial charge in [-0.05, 0) is 34.1 Å². The van der Waals surface area contributed by atoms with Gasteiger partial charge >= 0.3 is 0 Å². The molecule has 1 aromatic carbocycles. The lowest BCUT2D eigenvalue weighted by molar-refractivity contribution is 0.622. The van der Waals surface area contributed by atoms with Crippen molar-refractivity contribution in [1.29, 1.82) is 5.26 Å². The van der Waals surface area contributed by atoms with Crippen LogP contribution in [0.4, 0.5) is 0 Å². The second-order valence-corrected chi connectivity index (χ2v) is 5.84. The van der Waals surface area contributed by atoms with E-state index >= 15 is 0 Å². The number of fused-ring (bicyclic) bond motifs is 1. The Kier molecular flexibility index (Phi) is 4.21. The Morgan fingerprint density at radius 1 is 1.33 bits per heavy atom. The molecule has 0 aliphatic heterocycles. The molecule has 0 aliphatic rings. The molecule has 2 aromatic rings. The van der Waals surface area contributed by atoms with Gasteiger partial charge in [-0.1, -0.05) is 18.1 Å². The molecule has 0 saturated heterocycles. The van der Waals surface area contributed by atoms with Crippen LogP contribution in [0.25, 0.3) is 10.9 Å². The van der Waals surface area contributed by atoms with Crippen molar-refractivity contribution >= 4 is 41.0 Å². The number of nitrogens with zero attached hydrogens (tertiary/aromatic N) is 2. The highest BCUT2D eigenvalue weighted by Crippen LogP contribution is 2.27. The molecule has 2 rings (SSSR count). The summed E-state index contributed by atoms with van der Waals surface area (Å²) in [6.07, 6.45) is 1.91. The quantitative estimate of drug-likeness (QED) is 0.550. The van der Waals surface area contributed by atoms with E-state index in [1.165, 1.54) is 8.93 Å². The molecule has 2 nitrogen and oxygen atoms in total. The van der Waals surface area contributed by atoms with E-state index in [1.54, 1.807) is 0 Å². The van der Waals surface area contributed by atoms with Crippen LogP contribution in [0.3, 0.4) is 0 Å². The van der Waals surface area contributed by atoms with Crippen molar-refractivity contribution in [3.05, 3.63) is 35.5 Å². The Bertz CT molecular complexity index is 683. The minimum atomic E-state index is 0.310. The first-order chi connectivity index (χ1) is 8.69. The van der Waals surface area contributed by atoms with Crippen LogP contribution in [0.1, 0.15) is 31.0 Å². The van der Waals surface area contributed by atoms with Crippen molar-refractivity contribution in [2.75, 3.05) is 0 Å². The summed E-state index contributed by atoms with van der Waals surface area (Å²) in [6.45, 7) is 4.22. The first kappa shape index (κ1) is 13.3. The van der Waals surface area contributed by atoms with Crippen LogP contribution in [0.5, 0.6) is 0 Å². The van der Waals surface area contributed by atoms with Crippen LogP contribution >= 0.6 is 30.1 Å². The van der Waals surface area contributed by atoms with Crippen molar-refractivity contribution in [2.24, 2.45) is 0 Å². The van der Waals surface area contributed by atoms with Crippen molar-refractivity contribution in [1.82, 2.24) is 4.57 Å². The van der Waals surface area contributed by atoms with Crippen LogP contribution < -0.4 is 0 Å². The van der Waals surface area contributed by atoms with E-state index in [9.17, 15) is 5.26 Å². The molecular formula is C14H11IN2S. The van der Waals surface area contributed by atoms with Gasteiger partial charge in [-0.2, -0.15) is 5.26 Å². The molecule has 1 aromatic heterocycles. The minimum absolute atomic E-state index is 0.310. The molecule has 0 amide bonds. The fraction of sp³-hybridized carbons (Fsp3) is 0.214. The van der Waals surface area contributed by atoms with Crippen molar-refractivity contribution < 1.29 is 0 Å². The molecule has 0 fully saturated rings. The van der Waals surface area contributed by atoms with Gasteiger partial charge in [0.25, 0.3) is 0 Å². The molecule has 0 unspecified atom stereocenters. The SMILES string of the molecule is CC(C)n1cc(C#N)c2cccc(C#CSI)c21. The van der Waals surface area contributed by atoms with Gasteiger partial charge in [0.05, 0.1) is 11.1 Å². The van der Waals surface area contributed by atoms with E-state index in [2.05, 4.69) is 56.9 Å². The molecule has 18 heavy (non-hydrogen) atoms. The lowest BCUT2D eigenvalue weighted by Gasteiger charge is -2.10. The Morgan fingerprint density at radius 2 is 2.11 bits per heavy atom. The van der Waals surface area contributed by atoms with E-state index in [0.717, 1.165) is 16.5 Å².